The number of nitrogens with one attached hydrogen (secondary N) is 2. The van der Waals surface area contributed by atoms with Crippen LogP contribution in [0.1, 0.15) is 28.7 Å². The summed E-state index contributed by atoms with van der Waals surface area (Å²) in [5.41, 5.74) is 2.94. The predicted octanol–water partition coefficient (Wildman–Crippen LogP) is 3.07. The van der Waals surface area contributed by atoms with Gasteiger partial charge in [0, 0.05) is 36.3 Å². The number of nitrogens with zero attached hydrogens (tertiary/aromatic N) is 2. The largest absolute Gasteiger partial charge is 0.345 e. The lowest BCUT2D eigenvalue weighted by Gasteiger charge is -2.11. The summed E-state index contributed by atoms with van der Waals surface area (Å²) in [6.45, 7) is 3.59. The molecule has 26 heavy (non-hydrogen) atoms. The number of hydrogen-bond acceptors (Lipinski definition) is 3. The van der Waals surface area contributed by atoms with Crippen LogP contribution in [0.5, 0.6) is 0 Å². The van der Waals surface area contributed by atoms with E-state index in [9.17, 15) is 9.59 Å². The Hall–Kier alpha value is -3.41. The molecule has 0 saturated heterocycles. The molecule has 2 N–H and O–H groups in total. The van der Waals surface area contributed by atoms with Gasteiger partial charge in [-0.25, -0.2) is 4.98 Å². The van der Waals surface area contributed by atoms with Crippen LogP contribution in [0.2, 0.25) is 0 Å². The summed E-state index contributed by atoms with van der Waals surface area (Å²) in [7, 11) is 0. The van der Waals surface area contributed by atoms with E-state index < -0.39 is 0 Å². The Bertz CT molecular complexity index is 932. The van der Waals surface area contributed by atoms with Gasteiger partial charge in [-0.05, 0) is 36.8 Å². The fourth-order valence-corrected chi connectivity index (χ4v) is 2.69. The van der Waals surface area contributed by atoms with Gasteiger partial charge in [0.2, 0.25) is 5.91 Å². The van der Waals surface area contributed by atoms with Crippen molar-refractivity contribution in [2.75, 3.05) is 5.32 Å². The van der Waals surface area contributed by atoms with Crippen LogP contribution in [0.4, 0.5) is 5.69 Å². The molecule has 0 fully saturated rings. The normalized spacial score (nSPS) is 10.4. The monoisotopic (exact) mass is 348 g/mol. The van der Waals surface area contributed by atoms with Gasteiger partial charge >= 0.3 is 0 Å². The maximum absolute atomic E-state index is 12.6. The van der Waals surface area contributed by atoms with Gasteiger partial charge in [-0.15, -0.1) is 0 Å². The molecular formula is C20H20N4O2. The topological polar surface area (TPSA) is 76.0 Å². The van der Waals surface area contributed by atoms with Crippen LogP contribution < -0.4 is 10.6 Å². The fraction of sp³-hybridized carbons (Fsp3) is 0.150. The average Bonchev–Trinajstić information content (AvgIpc) is 3.10. The van der Waals surface area contributed by atoms with E-state index in [1.54, 1.807) is 18.3 Å². The van der Waals surface area contributed by atoms with E-state index in [4.69, 9.17) is 0 Å². The van der Waals surface area contributed by atoms with Gasteiger partial charge in [0.15, 0.2) is 0 Å². The number of carbonyl (C=O) groups excluding carboxylic acids is 2. The van der Waals surface area contributed by atoms with Crippen LogP contribution in [0.15, 0.2) is 60.9 Å². The van der Waals surface area contributed by atoms with Crippen LogP contribution in [0.3, 0.4) is 0 Å². The second kappa shape index (κ2) is 7.65. The highest BCUT2D eigenvalue weighted by atomic mass is 16.2. The third-order valence-electron chi connectivity index (χ3n) is 3.96. The van der Waals surface area contributed by atoms with Crippen LogP contribution >= 0.6 is 0 Å². The fourth-order valence-electron chi connectivity index (χ4n) is 2.69. The molecule has 3 aromatic rings. The van der Waals surface area contributed by atoms with Crippen LogP contribution in [-0.4, -0.2) is 21.4 Å². The number of aryl methyl sites for hydroxylation is 1. The highest BCUT2D eigenvalue weighted by molar-refractivity contribution is 5.98. The zero-order valence-electron chi connectivity index (χ0n) is 14.7. The van der Waals surface area contributed by atoms with Gasteiger partial charge in [-0.2, -0.15) is 0 Å². The maximum atomic E-state index is 12.6. The van der Waals surface area contributed by atoms with E-state index >= 15 is 0 Å². The lowest BCUT2D eigenvalue weighted by atomic mass is 10.1. The number of carbonyl (C=O) groups is 2. The van der Waals surface area contributed by atoms with Gasteiger partial charge in [-0.3, -0.25) is 9.59 Å². The molecule has 1 aromatic heterocycles. The minimum Gasteiger partial charge on any atom is -0.345 e. The number of hydrogen-bond donors (Lipinski definition) is 2. The Morgan fingerprint density at radius 2 is 1.88 bits per heavy atom. The second-order valence-corrected chi connectivity index (χ2v) is 5.94. The second-order valence-electron chi connectivity index (χ2n) is 5.94. The molecule has 2 aromatic carbocycles. The van der Waals surface area contributed by atoms with Crippen molar-refractivity contribution in [2.24, 2.45) is 0 Å². The molecule has 0 bridgehead atoms. The van der Waals surface area contributed by atoms with Crippen molar-refractivity contribution < 1.29 is 9.59 Å². The molecule has 0 aliphatic rings. The minimum atomic E-state index is -0.211. The molecule has 0 unspecified atom stereocenters. The SMILES string of the molecule is CC(=O)Nc1ccc(C)c(C(=O)NCc2nccn2-c2ccccc2)c1. The average molecular weight is 348 g/mol. The summed E-state index contributed by atoms with van der Waals surface area (Å²) >= 11 is 0. The lowest BCUT2D eigenvalue weighted by molar-refractivity contribution is -0.114. The van der Waals surface area contributed by atoms with E-state index in [-0.39, 0.29) is 11.8 Å². The third-order valence-corrected chi connectivity index (χ3v) is 3.96. The highest BCUT2D eigenvalue weighted by Crippen LogP contribution is 2.16. The van der Waals surface area contributed by atoms with Crippen molar-refractivity contribution in [3.63, 3.8) is 0 Å². The summed E-state index contributed by atoms with van der Waals surface area (Å²) in [5, 5.41) is 5.59. The molecule has 0 radical (unpaired) electrons. The summed E-state index contributed by atoms with van der Waals surface area (Å²) in [5.74, 6) is 0.350. The smallest absolute Gasteiger partial charge is 0.251 e. The van der Waals surface area contributed by atoms with Gasteiger partial charge in [0.05, 0.1) is 6.54 Å². The molecule has 0 spiro atoms. The Balaban J connectivity index is 1.74. The number of aromatic nitrogens is 2. The minimum absolute atomic E-state index is 0.176. The van der Waals surface area contributed by atoms with E-state index in [1.165, 1.54) is 6.92 Å². The maximum Gasteiger partial charge on any atom is 0.251 e. The van der Waals surface area contributed by atoms with E-state index in [0.717, 1.165) is 17.1 Å². The first-order chi connectivity index (χ1) is 12.5. The quantitative estimate of drug-likeness (QED) is 0.744. The summed E-state index contributed by atoms with van der Waals surface area (Å²) in [6.07, 6.45) is 3.57. The molecule has 6 heteroatoms. The Morgan fingerprint density at radius 1 is 1.12 bits per heavy atom. The van der Waals surface area contributed by atoms with Gasteiger partial charge < -0.3 is 15.2 Å². The summed E-state index contributed by atoms with van der Waals surface area (Å²) in [6, 6.07) is 15.1. The highest BCUT2D eigenvalue weighted by Gasteiger charge is 2.12. The predicted molar refractivity (Wildman–Crippen MR) is 100 cm³/mol. The first-order valence-electron chi connectivity index (χ1n) is 8.28. The van der Waals surface area contributed by atoms with Crippen molar-refractivity contribution >= 4 is 17.5 Å². The summed E-state index contributed by atoms with van der Waals surface area (Å²) < 4.78 is 1.93. The number of imidazole rings is 1. The lowest BCUT2D eigenvalue weighted by Crippen LogP contribution is -2.25. The standard InChI is InChI=1S/C20H20N4O2/c1-14-8-9-16(23-15(2)25)12-18(14)20(26)22-13-19-21-10-11-24(19)17-6-4-3-5-7-17/h3-12H,13H2,1-2H3,(H,22,26)(H,23,25). The molecule has 132 valence electrons. The number of para-hydroxylation sites is 1. The number of benzene rings is 2. The number of rotatable bonds is 5. The number of anilines is 1. The molecular weight excluding hydrogens is 328 g/mol. The molecule has 6 nitrogen and oxygen atoms in total. The molecule has 3 rings (SSSR count). The van der Waals surface area contributed by atoms with Crippen molar-refractivity contribution in [3.05, 3.63) is 77.9 Å². The van der Waals surface area contributed by atoms with Crippen molar-refractivity contribution in [3.8, 4) is 5.69 Å². The molecule has 1 heterocycles. The van der Waals surface area contributed by atoms with Gasteiger partial charge in [0.1, 0.15) is 5.82 Å². The Kier molecular flexibility index (Phi) is 5.12. The zero-order valence-corrected chi connectivity index (χ0v) is 14.7. The first-order valence-corrected chi connectivity index (χ1v) is 8.28. The molecule has 0 atom stereocenters. The van der Waals surface area contributed by atoms with Gasteiger partial charge in [-0.1, -0.05) is 24.3 Å². The van der Waals surface area contributed by atoms with Crippen LogP contribution in [0.25, 0.3) is 5.69 Å². The Labute approximate surface area is 151 Å². The Morgan fingerprint density at radius 3 is 2.62 bits per heavy atom. The van der Waals surface area contributed by atoms with Crippen LogP contribution in [0, 0.1) is 6.92 Å². The van der Waals surface area contributed by atoms with E-state index in [2.05, 4.69) is 15.6 Å². The van der Waals surface area contributed by atoms with E-state index in [1.807, 2.05) is 54.1 Å². The first kappa shape index (κ1) is 17.4. The van der Waals surface area contributed by atoms with E-state index in [0.29, 0.717) is 17.8 Å². The third kappa shape index (κ3) is 3.97. The molecule has 0 saturated carbocycles. The zero-order chi connectivity index (χ0) is 18.5. The summed E-state index contributed by atoms with van der Waals surface area (Å²) in [4.78, 5) is 28.1. The van der Waals surface area contributed by atoms with Crippen molar-refractivity contribution in [2.45, 2.75) is 20.4 Å². The molecule has 0 aliphatic heterocycles. The van der Waals surface area contributed by atoms with Crippen molar-refractivity contribution in [1.29, 1.82) is 0 Å². The molecule has 2 amide bonds. The van der Waals surface area contributed by atoms with Gasteiger partial charge in [0.25, 0.3) is 5.91 Å². The number of amides is 2. The van der Waals surface area contributed by atoms with Crippen LogP contribution in [-0.2, 0) is 11.3 Å². The molecule has 0 aliphatic carbocycles. The van der Waals surface area contributed by atoms with Crippen molar-refractivity contribution in [1.82, 2.24) is 14.9 Å².